The highest BCUT2D eigenvalue weighted by Gasteiger charge is 2.08. The maximum Gasteiger partial charge on any atom is 0.306 e. The Morgan fingerprint density at radius 1 is 1.62 bits per heavy atom. The van der Waals surface area contributed by atoms with Crippen molar-refractivity contribution in [3.63, 3.8) is 0 Å². The molecule has 0 heterocycles. The third kappa shape index (κ3) is 6.34. The Labute approximate surface area is 79.9 Å². The molecule has 0 radical (unpaired) electrons. The number of esters is 1. The molecule has 3 nitrogen and oxygen atoms in total. The fourth-order valence-corrected chi connectivity index (χ4v) is 0.983. The van der Waals surface area contributed by atoms with Crippen molar-refractivity contribution in [1.29, 1.82) is 0 Å². The van der Waals surface area contributed by atoms with E-state index < -0.39 is 0 Å². The molecule has 2 N–H and O–H groups in total. The Morgan fingerprint density at radius 2 is 2.31 bits per heavy atom. The first-order valence-electron chi connectivity index (χ1n) is 4.68. The molecule has 3 heteroatoms. The summed E-state index contributed by atoms with van der Waals surface area (Å²) in [7, 11) is 1.39. The number of hydrogen-bond acceptors (Lipinski definition) is 3. The Balaban J connectivity index is 3.81. The van der Waals surface area contributed by atoms with Crippen molar-refractivity contribution in [2.75, 3.05) is 13.7 Å². The van der Waals surface area contributed by atoms with Crippen LogP contribution in [0, 0.1) is 5.92 Å². The predicted octanol–water partition coefficient (Wildman–Crippen LogP) is 1.48. The first kappa shape index (κ1) is 12.2. The highest BCUT2D eigenvalue weighted by atomic mass is 16.5. The van der Waals surface area contributed by atoms with Gasteiger partial charge in [-0.3, -0.25) is 4.79 Å². The minimum Gasteiger partial charge on any atom is -0.469 e. The summed E-state index contributed by atoms with van der Waals surface area (Å²) in [5.74, 6) is -0.0735. The third-order valence-corrected chi connectivity index (χ3v) is 1.82. The zero-order chi connectivity index (χ0) is 10.1. The average Bonchev–Trinajstić information content (AvgIpc) is 2.16. The number of nitrogens with two attached hydrogens (primary N) is 1. The Morgan fingerprint density at radius 3 is 2.77 bits per heavy atom. The second-order valence-corrected chi connectivity index (χ2v) is 2.99. The van der Waals surface area contributed by atoms with Crippen LogP contribution in [0.4, 0.5) is 0 Å². The van der Waals surface area contributed by atoms with Crippen molar-refractivity contribution in [3.05, 3.63) is 12.2 Å². The largest absolute Gasteiger partial charge is 0.469 e. The maximum atomic E-state index is 10.9. The Kier molecular flexibility index (Phi) is 7.30. The van der Waals surface area contributed by atoms with Gasteiger partial charge in [0.1, 0.15) is 0 Å². The summed E-state index contributed by atoms with van der Waals surface area (Å²) in [5, 5.41) is 0. The van der Waals surface area contributed by atoms with Crippen LogP contribution >= 0.6 is 0 Å². The number of carbonyl (C=O) groups excluding carboxylic acids is 1. The van der Waals surface area contributed by atoms with Crippen LogP contribution in [0.2, 0.25) is 0 Å². The summed E-state index contributed by atoms with van der Waals surface area (Å²) in [6.07, 6.45) is 6.61. The standard InChI is InChI=1S/C10H19NO2/c1-3-4-5-6-9(8-11)7-10(12)13-2/h5-6,9H,3-4,7-8,11H2,1-2H3/b6-5+. The molecular formula is C10H19NO2. The second-order valence-electron chi connectivity index (χ2n) is 2.99. The van der Waals surface area contributed by atoms with Gasteiger partial charge in [-0.05, 0) is 18.9 Å². The average molecular weight is 185 g/mol. The molecule has 0 fully saturated rings. The molecule has 0 saturated heterocycles. The Bertz CT molecular complexity index is 166. The van der Waals surface area contributed by atoms with E-state index in [1.807, 2.05) is 6.08 Å². The zero-order valence-electron chi connectivity index (χ0n) is 8.45. The minimum atomic E-state index is -0.198. The van der Waals surface area contributed by atoms with Crippen LogP contribution in [-0.4, -0.2) is 19.6 Å². The molecule has 1 atom stereocenters. The molecule has 0 saturated carbocycles. The van der Waals surface area contributed by atoms with E-state index in [1.165, 1.54) is 7.11 Å². The normalized spacial score (nSPS) is 13.2. The monoisotopic (exact) mass is 185 g/mol. The maximum absolute atomic E-state index is 10.9. The summed E-state index contributed by atoms with van der Waals surface area (Å²) in [5.41, 5.74) is 5.50. The van der Waals surface area contributed by atoms with Gasteiger partial charge in [-0.1, -0.05) is 25.5 Å². The van der Waals surface area contributed by atoms with Gasteiger partial charge < -0.3 is 10.5 Å². The minimum absolute atomic E-state index is 0.124. The van der Waals surface area contributed by atoms with Gasteiger partial charge in [0.25, 0.3) is 0 Å². The number of hydrogen-bond donors (Lipinski definition) is 1. The first-order chi connectivity index (χ1) is 6.24. The van der Waals surface area contributed by atoms with Gasteiger partial charge in [-0.25, -0.2) is 0 Å². The predicted molar refractivity (Wildman–Crippen MR) is 53.2 cm³/mol. The van der Waals surface area contributed by atoms with Gasteiger partial charge in [0, 0.05) is 0 Å². The van der Waals surface area contributed by atoms with Crippen molar-refractivity contribution < 1.29 is 9.53 Å². The lowest BCUT2D eigenvalue weighted by atomic mass is 10.0. The van der Waals surface area contributed by atoms with Crippen molar-refractivity contribution in [3.8, 4) is 0 Å². The summed E-state index contributed by atoms with van der Waals surface area (Å²) < 4.78 is 4.56. The summed E-state index contributed by atoms with van der Waals surface area (Å²) >= 11 is 0. The van der Waals surface area contributed by atoms with E-state index in [0.717, 1.165) is 12.8 Å². The molecule has 0 aliphatic rings. The second kappa shape index (κ2) is 7.80. The van der Waals surface area contributed by atoms with Crippen molar-refractivity contribution in [1.82, 2.24) is 0 Å². The van der Waals surface area contributed by atoms with Crippen LogP contribution in [0.15, 0.2) is 12.2 Å². The number of allylic oxidation sites excluding steroid dienone is 1. The molecule has 0 spiro atoms. The van der Waals surface area contributed by atoms with E-state index in [9.17, 15) is 4.79 Å². The highest BCUT2D eigenvalue weighted by molar-refractivity contribution is 5.69. The van der Waals surface area contributed by atoms with E-state index in [1.54, 1.807) is 0 Å². The number of methoxy groups -OCH3 is 1. The molecule has 0 aromatic carbocycles. The van der Waals surface area contributed by atoms with E-state index in [0.29, 0.717) is 13.0 Å². The number of unbranched alkanes of at least 4 members (excludes halogenated alkanes) is 1. The van der Waals surface area contributed by atoms with E-state index in [-0.39, 0.29) is 11.9 Å². The molecular weight excluding hydrogens is 166 g/mol. The quantitative estimate of drug-likeness (QED) is 0.503. The van der Waals surface area contributed by atoms with E-state index in [4.69, 9.17) is 5.73 Å². The topological polar surface area (TPSA) is 52.3 Å². The SMILES string of the molecule is CCC/C=C/C(CN)CC(=O)OC. The number of rotatable bonds is 6. The van der Waals surface area contributed by atoms with Gasteiger partial charge >= 0.3 is 5.97 Å². The van der Waals surface area contributed by atoms with Crippen molar-refractivity contribution >= 4 is 5.97 Å². The molecule has 0 aromatic rings. The molecule has 1 unspecified atom stereocenters. The third-order valence-electron chi connectivity index (χ3n) is 1.82. The highest BCUT2D eigenvalue weighted by Crippen LogP contribution is 2.05. The van der Waals surface area contributed by atoms with Gasteiger partial charge in [-0.15, -0.1) is 0 Å². The number of carbonyl (C=O) groups is 1. The molecule has 0 aromatic heterocycles. The van der Waals surface area contributed by atoms with Crippen LogP contribution in [-0.2, 0) is 9.53 Å². The molecule has 76 valence electrons. The van der Waals surface area contributed by atoms with Crippen LogP contribution in [0.3, 0.4) is 0 Å². The molecule has 0 aliphatic heterocycles. The summed E-state index contributed by atoms with van der Waals surface area (Å²) in [6.45, 7) is 2.61. The fourth-order valence-electron chi connectivity index (χ4n) is 0.983. The van der Waals surface area contributed by atoms with E-state index >= 15 is 0 Å². The van der Waals surface area contributed by atoms with Crippen molar-refractivity contribution in [2.24, 2.45) is 11.7 Å². The molecule has 0 aliphatic carbocycles. The van der Waals surface area contributed by atoms with E-state index in [2.05, 4.69) is 17.7 Å². The lowest BCUT2D eigenvalue weighted by Crippen LogP contribution is -2.16. The molecule has 13 heavy (non-hydrogen) atoms. The summed E-state index contributed by atoms with van der Waals surface area (Å²) in [6, 6.07) is 0. The fraction of sp³-hybridized carbons (Fsp3) is 0.700. The van der Waals surface area contributed by atoms with Gasteiger partial charge in [0.05, 0.1) is 13.5 Å². The lowest BCUT2D eigenvalue weighted by Gasteiger charge is -2.07. The van der Waals surface area contributed by atoms with Crippen LogP contribution in [0.25, 0.3) is 0 Å². The molecule has 0 rings (SSSR count). The first-order valence-corrected chi connectivity index (χ1v) is 4.68. The van der Waals surface area contributed by atoms with Crippen molar-refractivity contribution in [2.45, 2.75) is 26.2 Å². The van der Waals surface area contributed by atoms with Gasteiger partial charge in [0.15, 0.2) is 0 Å². The lowest BCUT2D eigenvalue weighted by molar-refractivity contribution is -0.141. The van der Waals surface area contributed by atoms with Crippen LogP contribution in [0.1, 0.15) is 26.2 Å². The molecule has 0 bridgehead atoms. The Hall–Kier alpha value is -0.830. The van der Waals surface area contributed by atoms with Crippen LogP contribution < -0.4 is 5.73 Å². The van der Waals surface area contributed by atoms with Gasteiger partial charge in [-0.2, -0.15) is 0 Å². The zero-order valence-corrected chi connectivity index (χ0v) is 8.45. The van der Waals surface area contributed by atoms with Gasteiger partial charge in [0.2, 0.25) is 0 Å². The number of ether oxygens (including phenoxy) is 1. The molecule has 0 amide bonds. The smallest absolute Gasteiger partial charge is 0.306 e. The summed E-state index contributed by atoms with van der Waals surface area (Å²) in [4.78, 5) is 10.9. The van der Waals surface area contributed by atoms with Crippen LogP contribution in [0.5, 0.6) is 0 Å².